The maximum absolute atomic E-state index is 6.22. The van der Waals surface area contributed by atoms with Crippen molar-refractivity contribution in [3.8, 4) is 0 Å². The van der Waals surface area contributed by atoms with Crippen molar-refractivity contribution < 1.29 is 0 Å². The number of aryl methyl sites for hydroxylation is 1. The van der Waals surface area contributed by atoms with Gasteiger partial charge in [-0.1, -0.05) is 24.6 Å². The Labute approximate surface area is 125 Å². The summed E-state index contributed by atoms with van der Waals surface area (Å²) >= 11 is 6.22. The van der Waals surface area contributed by atoms with Crippen molar-refractivity contribution in [2.45, 2.75) is 39.4 Å². The normalized spacial score (nSPS) is 12.8. The molecule has 0 aliphatic carbocycles. The maximum Gasteiger partial charge on any atom is 0.0950 e. The molecular formula is C15H21ClN4. The van der Waals surface area contributed by atoms with Gasteiger partial charge in [0.15, 0.2) is 0 Å². The summed E-state index contributed by atoms with van der Waals surface area (Å²) < 4.78 is 1.76. The van der Waals surface area contributed by atoms with Crippen molar-refractivity contribution in [2.75, 3.05) is 0 Å². The van der Waals surface area contributed by atoms with Gasteiger partial charge in [-0.05, 0) is 25.0 Å². The number of pyridine rings is 1. The van der Waals surface area contributed by atoms with Gasteiger partial charge < -0.3 is 0 Å². The van der Waals surface area contributed by atoms with Gasteiger partial charge >= 0.3 is 0 Å². The Kier molecular flexibility index (Phi) is 5.15. The zero-order valence-electron chi connectivity index (χ0n) is 12.3. The molecule has 2 aromatic heterocycles. The number of aromatic nitrogens is 3. The van der Waals surface area contributed by atoms with Crippen LogP contribution in [0.4, 0.5) is 0 Å². The van der Waals surface area contributed by atoms with Crippen molar-refractivity contribution in [3.63, 3.8) is 0 Å². The zero-order valence-corrected chi connectivity index (χ0v) is 13.0. The number of halogens is 1. The van der Waals surface area contributed by atoms with E-state index in [-0.39, 0.29) is 0 Å². The minimum absolute atomic E-state index is 0.466. The summed E-state index contributed by atoms with van der Waals surface area (Å²) in [5.41, 5.74) is 2.14. The highest BCUT2D eigenvalue weighted by atomic mass is 35.5. The van der Waals surface area contributed by atoms with Crippen molar-refractivity contribution in [1.29, 1.82) is 0 Å². The second kappa shape index (κ2) is 6.86. The maximum atomic E-state index is 6.22. The van der Waals surface area contributed by atoms with Crippen LogP contribution in [0.5, 0.6) is 0 Å². The summed E-state index contributed by atoms with van der Waals surface area (Å²) in [6, 6.07) is 4.54. The molecule has 4 nitrogen and oxygen atoms in total. The molecule has 0 aliphatic rings. The summed E-state index contributed by atoms with van der Waals surface area (Å²) in [6.07, 6.45) is 6.64. The van der Waals surface area contributed by atoms with Gasteiger partial charge in [0.05, 0.1) is 10.7 Å². The first-order valence-electron chi connectivity index (χ1n) is 6.91. The van der Waals surface area contributed by atoms with E-state index in [4.69, 9.17) is 11.6 Å². The lowest BCUT2D eigenvalue weighted by Crippen LogP contribution is -2.32. The van der Waals surface area contributed by atoms with Crippen molar-refractivity contribution >= 4 is 11.6 Å². The first-order valence-corrected chi connectivity index (χ1v) is 7.29. The number of hydrogen-bond acceptors (Lipinski definition) is 3. The molecule has 5 heteroatoms. The molecule has 0 bridgehead atoms. The van der Waals surface area contributed by atoms with Crippen LogP contribution < -0.4 is 0 Å². The predicted molar refractivity (Wildman–Crippen MR) is 81.5 cm³/mol. The van der Waals surface area contributed by atoms with Gasteiger partial charge in [0.1, 0.15) is 0 Å². The van der Waals surface area contributed by atoms with Gasteiger partial charge in [-0.25, -0.2) is 0 Å². The molecule has 2 heterocycles. The van der Waals surface area contributed by atoms with E-state index in [0.29, 0.717) is 6.04 Å². The lowest BCUT2D eigenvalue weighted by atomic mass is 10.1. The lowest BCUT2D eigenvalue weighted by molar-refractivity contribution is 0.183. The standard InChI is InChI=1S/C15H21ClN4/c1-4-12(2)20(9-13-6-5-7-17-8-13)11-15-14(16)10-19(3)18-15/h5-8,10,12H,4,9,11H2,1-3H3/t12-/m1/s1. The molecular weight excluding hydrogens is 272 g/mol. The SMILES string of the molecule is CC[C@@H](C)N(Cc1cccnc1)Cc1nn(C)cc1Cl. The molecule has 0 unspecified atom stereocenters. The molecule has 0 saturated heterocycles. The molecule has 0 amide bonds. The Balaban J connectivity index is 2.14. The third kappa shape index (κ3) is 3.81. The minimum atomic E-state index is 0.466. The van der Waals surface area contributed by atoms with E-state index in [1.165, 1.54) is 5.56 Å². The van der Waals surface area contributed by atoms with Gasteiger partial charge in [0, 0.05) is 44.8 Å². The molecule has 0 radical (unpaired) electrons. The van der Waals surface area contributed by atoms with E-state index in [1.54, 1.807) is 10.9 Å². The average molecular weight is 293 g/mol. The largest absolute Gasteiger partial charge is 0.290 e. The Morgan fingerprint density at radius 2 is 2.20 bits per heavy atom. The first kappa shape index (κ1) is 15.0. The number of rotatable bonds is 6. The molecule has 2 aromatic rings. The van der Waals surface area contributed by atoms with Gasteiger partial charge in [-0.3, -0.25) is 14.6 Å². The summed E-state index contributed by atoms with van der Waals surface area (Å²) in [5.74, 6) is 0. The van der Waals surface area contributed by atoms with Crippen LogP contribution in [0.3, 0.4) is 0 Å². The summed E-state index contributed by atoms with van der Waals surface area (Å²) in [7, 11) is 1.89. The molecule has 0 aliphatic heterocycles. The fraction of sp³-hybridized carbons (Fsp3) is 0.467. The van der Waals surface area contributed by atoms with Crippen LogP contribution in [0.1, 0.15) is 31.5 Å². The smallest absolute Gasteiger partial charge is 0.0950 e. The summed E-state index contributed by atoms with van der Waals surface area (Å²) in [6.45, 7) is 6.04. The van der Waals surface area contributed by atoms with Crippen LogP contribution in [0.2, 0.25) is 5.02 Å². The highest BCUT2D eigenvalue weighted by Gasteiger charge is 2.16. The van der Waals surface area contributed by atoms with Gasteiger partial charge in [0.2, 0.25) is 0 Å². The van der Waals surface area contributed by atoms with Gasteiger partial charge in [-0.15, -0.1) is 0 Å². The second-order valence-corrected chi connectivity index (χ2v) is 5.53. The molecule has 0 spiro atoms. The van der Waals surface area contributed by atoms with Crippen LogP contribution in [-0.2, 0) is 20.1 Å². The van der Waals surface area contributed by atoms with Crippen molar-refractivity contribution in [2.24, 2.45) is 7.05 Å². The molecule has 108 valence electrons. The first-order chi connectivity index (χ1) is 9.60. The van der Waals surface area contributed by atoms with Gasteiger partial charge in [-0.2, -0.15) is 5.10 Å². The molecule has 1 atom stereocenters. The third-order valence-corrected chi connectivity index (χ3v) is 3.85. The fourth-order valence-corrected chi connectivity index (χ4v) is 2.40. The topological polar surface area (TPSA) is 34.0 Å². The monoisotopic (exact) mass is 292 g/mol. The van der Waals surface area contributed by atoms with Crippen LogP contribution >= 0.6 is 11.6 Å². The molecule has 0 N–H and O–H groups in total. The molecule has 0 aromatic carbocycles. The lowest BCUT2D eigenvalue weighted by Gasteiger charge is -2.27. The highest BCUT2D eigenvalue weighted by molar-refractivity contribution is 6.31. The Morgan fingerprint density at radius 3 is 2.75 bits per heavy atom. The molecule has 0 fully saturated rings. The Hall–Kier alpha value is -1.39. The molecule has 2 rings (SSSR count). The predicted octanol–water partition coefficient (Wildman–Crippen LogP) is 3.27. The van der Waals surface area contributed by atoms with Crippen molar-refractivity contribution in [3.05, 3.63) is 47.0 Å². The van der Waals surface area contributed by atoms with Crippen LogP contribution in [0, 0.1) is 0 Å². The van der Waals surface area contributed by atoms with Crippen LogP contribution in [0.15, 0.2) is 30.7 Å². The summed E-state index contributed by atoms with van der Waals surface area (Å²) in [4.78, 5) is 6.56. The molecule has 20 heavy (non-hydrogen) atoms. The Morgan fingerprint density at radius 1 is 1.40 bits per heavy atom. The minimum Gasteiger partial charge on any atom is -0.290 e. The highest BCUT2D eigenvalue weighted by Crippen LogP contribution is 2.19. The zero-order chi connectivity index (χ0) is 14.5. The second-order valence-electron chi connectivity index (χ2n) is 5.12. The fourth-order valence-electron chi connectivity index (χ4n) is 2.16. The van der Waals surface area contributed by atoms with Crippen LogP contribution in [-0.4, -0.2) is 25.7 Å². The van der Waals surface area contributed by atoms with E-state index < -0.39 is 0 Å². The van der Waals surface area contributed by atoms with Gasteiger partial charge in [0.25, 0.3) is 0 Å². The van der Waals surface area contributed by atoms with E-state index >= 15 is 0 Å². The van der Waals surface area contributed by atoms with E-state index in [2.05, 4.69) is 34.9 Å². The Bertz CT molecular complexity index is 538. The van der Waals surface area contributed by atoms with Crippen LogP contribution in [0.25, 0.3) is 0 Å². The summed E-state index contributed by atoms with van der Waals surface area (Å²) in [5, 5.41) is 5.16. The number of nitrogens with zero attached hydrogens (tertiary/aromatic N) is 4. The molecule has 0 saturated carbocycles. The van der Waals surface area contributed by atoms with Crippen molar-refractivity contribution in [1.82, 2.24) is 19.7 Å². The van der Waals surface area contributed by atoms with E-state index in [9.17, 15) is 0 Å². The van der Waals surface area contributed by atoms with E-state index in [0.717, 1.165) is 30.2 Å². The average Bonchev–Trinajstić information content (AvgIpc) is 2.76. The van der Waals surface area contributed by atoms with E-state index in [1.807, 2.05) is 25.5 Å². The number of hydrogen-bond donors (Lipinski definition) is 0. The quantitative estimate of drug-likeness (QED) is 0.819. The third-order valence-electron chi connectivity index (χ3n) is 3.53.